The summed E-state index contributed by atoms with van der Waals surface area (Å²) in [5.41, 5.74) is 10.9. The van der Waals surface area contributed by atoms with E-state index in [1.165, 1.54) is 5.69 Å². The van der Waals surface area contributed by atoms with Gasteiger partial charge in [-0.1, -0.05) is 27.7 Å². The van der Waals surface area contributed by atoms with Crippen molar-refractivity contribution in [2.45, 2.75) is 66.0 Å². The zero-order valence-electron chi connectivity index (χ0n) is 20.9. The maximum atomic E-state index is 13.2. The molecule has 1 unspecified atom stereocenters. The summed E-state index contributed by atoms with van der Waals surface area (Å²) < 4.78 is 2.10. The number of amides is 2. The number of likely N-dealkylation sites (tertiary alicyclic amines) is 1. The molecule has 0 radical (unpaired) electrons. The molecule has 4 heterocycles. The highest BCUT2D eigenvalue weighted by Gasteiger charge is 2.53. The number of pyridine rings is 1. The molecule has 1 aliphatic carbocycles. The number of fused-ring (bicyclic) bond motifs is 2. The van der Waals surface area contributed by atoms with E-state index < -0.39 is 5.54 Å². The zero-order valence-corrected chi connectivity index (χ0v) is 20.9. The van der Waals surface area contributed by atoms with Gasteiger partial charge in [0.15, 0.2) is 0 Å². The van der Waals surface area contributed by atoms with Crippen LogP contribution in [0.25, 0.3) is 11.1 Å². The molecule has 182 valence electrons. The summed E-state index contributed by atoms with van der Waals surface area (Å²) in [6, 6.07) is 1.97. The van der Waals surface area contributed by atoms with E-state index in [0.29, 0.717) is 31.7 Å². The summed E-state index contributed by atoms with van der Waals surface area (Å²) in [4.78, 5) is 31.9. The Labute approximate surface area is 201 Å². The number of aryl methyl sites for hydroxylation is 1. The van der Waals surface area contributed by atoms with E-state index in [9.17, 15) is 9.59 Å². The number of nitrogens with one attached hydrogen (secondary N) is 1. The van der Waals surface area contributed by atoms with Crippen molar-refractivity contribution in [3.05, 3.63) is 29.7 Å². The van der Waals surface area contributed by atoms with E-state index in [-0.39, 0.29) is 35.0 Å². The number of carbonyl (C=O) groups is 2. The molecule has 2 aliphatic heterocycles. The molecule has 2 aromatic rings. The maximum absolute atomic E-state index is 13.2. The Kier molecular flexibility index (Phi) is 5.35. The second-order valence-electron chi connectivity index (χ2n) is 11.8. The van der Waals surface area contributed by atoms with Crippen LogP contribution < -0.4 is 11.1 Å². The van der Waals surface area contributed by atoms with Crippen LogP contribution in [0.15, 0.2) is 18.5 Å². The lowest BCUT2D eigenvalue weighted by atomic mass is 9.89. The fourth-order valence-corrected chi connectivity index (χ4v) is 6.14. The van der Waals surface area contributed by atoms with Gasteiger partial charge in [0.2, 0.25) is 11.8 Å². The third-order valence-corrected chi connectivity index (χ3v) is 7.93. The fraction of sp³-hybridized carbons (Fsp3) is 0.615. The molecular formula is C26H36N6O2. The summed E-state index contributed by atoms with van der Waals surface area (Å²) >= 11 is 0. The summed E-state index contributed by atoms with van der Waals surface area (Å²) in [6.07, 6.45) is 6.02. The van der Waals surface area contributed by atoms with Crippen LogP contribution in [-0.2, 0) is 22.6 Å². The molecule has 3 N–H and O–H groups in total. The van der Waals surface area contributed by atoms with Crippen LogP contribution in [0.5, 0.6) is 0 Å². The van der Waals surface area contributed by atoms with Gasteiger partial charge < -0.3 is 16.0 Å². The van der Waals surface area contributed by atoms with Crippen molar-refractivity contribution in [1.29, 1.82) is 0 Å². The van der Waals surface area contributed by atoms with Gasteiger partial charge in [0.1, 0.15) is 5.82 Å². The normalized spacial score (nSPS) is 27.2. The van der Waals surface area contributed by atoms with Gasteiger partial charge in [-0.05, 0) is 54.7 Å². The molecule has 34 heavy (non-hydrogen) atoms. The van der Waals surface area contributed by atoms with Gasteiger partial charge >= 0.3 is 0 Å². The zero-order chi connectivity index (χ0) is 24.4. The Bertz CT molecular complexity index is 1150. The average Bonchev–Trinajstić information content (AvgIpc) is 3.44. The Hall–Kier alpha value is -2.74. The van der Waals surface area contributed by atoms with E-state index in [1.807, 2.05) is 44.1 Å². The third kappa shape index (κ3) is 3.91. The van der Waals surface area contributed by atoms with Crippen LogP contribution in [0.2, 0.25) is 0 Å². The Morgan fingerprint density at radius 1 is 1.21 bits per heavy atom. The largest absolute Gasteiger partial charge is 0.340 e. The first-order valence-corrected chi connectivity index (χ1v) is 12.4. The monoisotopic (exact) mass is 464 g/mol. The van der Waals surface area contributed by atoms with Crippen molar-refractivity contribution in [1.82, 2.24) is 19.7 Å². The van der Waals surface area contributed by atoms with Gasteiger partial charge in [-0.15, -0.1) is 0 Å². The van der Waals surface area contributed by atoms with E-state index >= 15 is 0 Å². The topological polar surface area (TPSA) is 106 Å². The number of carbonyl (C=O) groups excluding carboxylic acids is 2. The Morgan fingerprint density at radius 3 is 2.68 bits per heavy atom. The second-order valence-corrected chi connectivity index (χ2v) is 11.8. The molecule has 5 rings (SSSR count). The number of nitrogens with two attached hydrogens (primary N) is 1. The van der Waals surface area contributed by atoms with Crippen molar-refractivity contribution in [2.24, 2.45) is 28.9 Å². The van der Waals surface area contributed by atoms with E-state index in [1.54, 1.807) is 0 Å². The molecule has 2 fully saturated rings. The van der Waals surface area contributed by atoms with E-state index in [0.717, 1.165) is 29.7 Å². The molecular weight excluding hydrogens is 428 g/mol. The molecule has 8 heteroatoms. The number of nitrogens with zero attached hydrogens (tertiary/aromatic N) is 4. The fourth-order valence-electron chi connectivity index (χ4n) is 6.14. The van der Waals surface area contributed by atoms with Crippen LogP contribution in [0, 0.1) is 30.1 Å². The van der Waals surface area contributed by atoms with Gasteiger partial charge in [0, 0.05) is 54.5 Å². The first-order chi connectivity index (χ1) is 16.0. The summed E-state index contributed by atoms with van der Waals surface area (Å²) in [5, 5.41) is 7.64. The Balaban J connectivity index is 1.29. The van der Waals surface area contributed by atoms with Gasteiger partial charge in [-0.2, -0.15) is 5.10 Å². The van der Waals surface area contributed by atoms with Crippen molar-refractivity contribution < 1.29 is 9.59 Å². The maximum Gasteiger partial charge on any atom is 0.228 e. The lowest BCUT2D eigenvalue weighted by Crippen LogP contribution is -2.46. The number of hydrogen-bond acceptors (Lipinski definition) is 5. The van der Waals surface area contributed by atoms with E-state index in [4.69, 9.17) is 5.73 Å². The molecule has 0 aromatic carbocycles. The first-order valence-electron chi connectivity index (χ1n) is 12.4. The second kappa shape index (κ2) is 7.90. The predicted molar refractivity (Wildman–Crippen MR) is 131 cm³/mol. The van der Waals surface area contributed by atoms with E-state index in [2.05, 4.69) is 33.9 Å². The van der Waals surface area contributed by atoms with Crippen LogP contribution in [0.3, 0.4) is 0 Å². The van der Waals surface area contributed by atoms with Gasteiger partial charge in [0.05, 0.1) is 6.20 Å². The minimum atomic E-state index is -0.482. The number of aromatic nitrogens is 3. The molecule has 8 nitrogen and oxygen atoms in total. The van der Waals surface area contributed by atoms with Crippen LogP contribution >= 0.6 is 0 Å². The minimum Gasteiger partial charge on any atom is -0.340 e. The Morgan fingerprint density at radius 2 is 1.97 bits per heavy atom. The summed E-state index contributed by atoms with van der Waals surface area (Å²) in [5.74, 6) is 0.621. The molecule has 2 aromatic heterocycles. The molecule has 3 atom stereocenters. The lowest BCUT2D eigenvalue weighted by molar-refractivity contribution is -0.133. The van der Waals surface area contributed by atoms with Gasteiger partial charge in [-0.3, -0.25) is 14.3 Å². The number of anilines is 1. The standard InChI is InChI=1S/C26H36N6O2/c1-15(2)24(34)31-12-18-6-17(8-26(18,27)14-31)23(33)30-22-7-19(16(3)10-28-22)20-11-29-32-13-25(4,5)9-21(20)32/h7,10-11,15,17-18H,6,8-9,12-14,27H2,1-5H3,(H,28,30,33)/t17?,18-,26-/m1/s1. The van der Waals surface area contributed by atoms with Gasteiger partial charge in [0.25, 0.3) is 0 Å². The van der Waals surface area contributed by atoms with Crippen molar-refractivity contribution in [3.63, 3.8) is 0 Å². The molecule has 0 spiro atoms. The summed E-state index contributed by atoms with van der Waals surface area (Å²) in [6.45, 7) is 12.5. The SMILES string of the molecule is Cc1cnc(NC(=O)C2C[C@@H]3CN(C(=O)C(C)C)C[C@]3(N)C2)cc1-c1cnn2c1CC(C)(C)C2. The van der Waals surface area contributed by atoms with Crippen molar-refractivity contribution in [2.75, 3.05) is 18.4 Å². The van der Waals surface area contributed by atoms with Crippen molar-refractivity contribution in [3.8, 4) is 11.1 Å². The smallest absolute Gasteiger partial charge is 0.228 e. The summed E-state index contributed by atoms with van der Waals surface area (Å²) in [7, 11) is 0. The number of rotatable bonds is 4. The highest BCUT2D eigenvalue weighted by Crippen LogP contribution is 2.44. The molecule has 0 bridgehead atoms. The minimum absolute atomic E-state index is 0.0355. The predicted octanol–water partition coefficient (Wildman–Crippen LogP) is 3.00. The molecule has 1 saturated heterocycles. The quantitative estimate of drug-likeness (QED) is 0.724. The van der Waals surface area contributed by atoms with Crippen LogP contribution in [0.4, 0.5) is 5.82 Å². The van der Waals surface area contributed by atoms with Crippen LogP contribution in [-0.4, -0.2) is 50.1 Å². The molecule has 2 amide bonds. The van der Waals surface area contributed by atoms with Crippen molar-refractivity contribution >= 4 is 17.6 Å². The number of hydrogen-bond donors (Lipinski definition) is 2. The van der Waals surface area contributed by atoms with Crippen LogP contribution in [0.1, 0.15) is 51.8 Å². The highest BCUT2D eigenvalue weighted by atomic mass is 16.2. The van der Waals surface area contributed by atoms with Gasteiger partial charge in [-0.25, -0.2) is 4.98 Å². The molecule has 1 saturated carbocycles. The third-order valence-electron chi connectivity index (χ3n) is 7.93. The molecule has 3 aliphatic rings. The average molecular weight is 465 g/mol. The highest BCUT2D eigenvalue weighted by molar-refractivity contribution is 5.93. The first kappa shape index (κ1) is 23.0. The lowest BCUT2D eigenvalue weighted by Gasteiger charge is -2.25.